The number of para-hydroxylation sites is 2. The third-order valence-corrected chi connectivity index (χ3v) is 8.13. The Hall–Kier alpha value is -1.22. The molecule has 4 fully saturated rings. The van der Waals surface area contributed by atoms with Crippen molar-refractivity contribution in [2.75, 3.05) is 11.1 Å². The van der Waals surface area contributed by atoms with Gasteiger partial charge in [-0.1, -0.05) is 44.2 Å². The van der Waals surface area contributed by atoms with Gasteiger partial charge in [-0.05, 0) is 68.9 Å². The topological polar surface area (TPSA) is 41.3 Å². The van der Waals surface area contributed by atoms with E-state index in [4.69, 9.17) is 5.73 Å². The third-order valence-electron chi connectivity index (χ3n) is 8.13. The SMILES string of the molecule is Nc1ccccc1NC1C[C@H]2CCC[C@@H](C1)N2C1C[C@H]2CCCC[C@@H](C1)C2. The smallest absolute Gasteiger partial charge is 0.0576 e. The van der Waals surface area contributed by atoms with Gasteiger partial charge in [0, 0.05) is 24.2 Å². The van der Waals surface area contributed by atoms with Crippen molar-refractivity contribution in [3.05, 3.63) is 24.3 Å². The summed E-state index contributed by atoms with van der Waals surface area (Å²) in [6.45, 7) is 0. The quantitative estimate of drug-likeness (QED) is 0.700. The number of nitrogens with zero attached hydrogens (tertiary/aromatic N) is 1. The highest BCUT2D eigenvalue weighted by Crippen LogP contribution is 2.45. The summed E-state index contributed by atoms with van der Waals surface area (Å²) in [5.74, 6) is 2.05. The standard InChI is InChI=1S/C24H37N3/c25-23-10-3-4-11-24(23)26-19-15-20-8-5-9-21(16-19)27(20)22-13-17-6-1-2-7-18(12-17)14-22/h3-4,10-11,17-22,26H,1-2,5-9,12-16,25H2/t17-,18+,19?,20-,21+,22?. The lowest BCUT2D eigenvalue weighted by Gasteiger charge is -2.54. The van der Waals surface area contributed by atoms with Gasteiger partial charge in [0.25, 0.3) is 0 Å². The Bertz CT molecular complexity index is 616. The van der Waals surface area contributed by atoms with Crippen LogP contribution in [-0.4, -0.2) is 29.1 Å². The first-order valence-electron chi connectivity index (χ1n) is 11.6. The summed E-state index contributed by atoms with van der Waals surface area (Å²) >= 11 is 0. The average Bonchev–Trinajstić information content (AvgIpc) is 2.82. The minimum absolute atomic E-state index is 0.590. The predicted molar refractivity (Wildman–Crippen MR) is 114 cm³/mol. The first kappa shape index (κ1) is 17.8. The normalized spacial score (nSPS) is 39.6. The molecule has 1 aromatic rings. The third kappa shape index (κ3) is 3.72. The molecule has 0 amide bonds. The number of fused-ring (bicyclic) bond motifs is 4. The monoisotopic (exact) mass is 367 g/mol. The van der Waals surface area contributed by atoms with Crippen LogP contribution in [0.1, 0.15) is 77.0 Å². The van der Waals surface area contributed by atoms with E-state index in [-0.39, 0.29) is 0 Å². The molecule has 2 saturated carbocycles. The van der Waals surface area contributed by atoms with E-state index >= 15 is 0 Å². The van der Waals surface area contributed by atoms with Crippen molar-refractivity contribution in [3.63, 3.8) is 0 Å². The fourth-order valence-corrected chi connectivity index (χ4v) is 7.09. The van der Waals surface area contributed by atoms with E-state index in [1.54, 1.807) is 0 Å². The number of anilines is 2. The first-order chi connectivity index (χ1) is 13.3. The summed E-state index contributed by atoms with van der Waals surface area (Å²) in [7, 11) is 0. The van der Waals surface area contributed by atoms with Gasteiger partial charge in [-0.2, -0.15) is 0 Å². The first-order valence-corrected chi connectivity index (χ1v) is 11.6. The van der Waals surface area contributed by atoms with Crippen LogP contribution < -0.4 is 11.1 Å². The van der Waals surface area contributed by atoms with E-state index in [0.717, 1.165) is 41.3 Å². The zero-order chi connectivity index (χ0) is 18.2. The Morgan fingerprint density at radius 2 is 1.41 bits per heavy atom. The van der Waals surface area contributed by atoms with Crippen molar-refractivity contribution in [1.82, 2.24) is 4.90 Å². The average molecular weight is 368 g/mol. The molecule has 3 N–H and O–H groups in total. The Kier molecular flexibility index (Phi) is 5.06. The van der Waals surface area contributed by atoms with Crippen molar-refractivity contribution in [1.29, 1.82) is 0 Å². The predicted octanol–water partition coefficient (Wildman–Crippen LogP) is 5.43. The number of hydrogen-bond donors (Lipinski definition) is 2. The van der Waals surface area contributed by atoms with Crippen LogP contribution >= 0.6 is 0 Å². The summed E-state index contributed by atoms with van der Waals surface area (Å²) in [6.07, 6.45) is 17.4. The molecule has 2 aliphatic carbocycles. The fraction of sp³-hybridized carbons (Fsp3) is 0.750. The molecule has 1 aromatic carbocycles. The number of hydrogen-bond acceptors (Lipinski definition) is 3. The minimum Gasteiger partial charge on any atom is -0.397 e. The van der Waals surface area contributed by atoms with E-state index in [2.05, 4.69) is 22.3 Å². The van der Waals surface area contributed by atoms with Crippen molar-refractivity contribution in [3.8, 4) is 0 Å². The van der Waals surface area contributed by atoms with Crippen LogP contribution in [0.15, 0.2) is 24.3 Å². The van der Waals surface area contributed by atoms with Crippen LogP contribution in [0.25, 0.3) is 0 Å². The van der Waals surface area contributed by atoms with E-state index in [0.29, 0.717) is 6.04 Å². The van der Waals surface area contributed by atoms with Gasteiger partial charge >= 0.3 is 0 Å². The second-order valence-corrected chi connectivity index (χ2v) is 9.96. The van der Waals surface area contributed by atoms with Gasteiger partial charge in [0.15, 0.2) is 0 Å². The number of nitrogens with one attached hydrogen (secondary N) is 1. The van der Waals surface area contributed by atoms with E-state index in [1.165, 1.54) is 77.0 Å². The zero-order valence-corrected chi connectivity index (χ0v) is 16.8. The largest absolute Gasteiger partial charge is 0.397 e. The van der Waals surface area contributed by atoms with Gasteiger partial charge in [-0.3, -0.25) is 4.90 Å². The molecule has 2 aliphatic heterocycles. The van der Waals surface area contributed by atoms with Crippen LogP contribution in [0.5, 0.6) is 0 Å². The molecular weight excluding hydrogens is 330 g/mol. The van der Waals surface area contributed by atoms with Gasteiger partial charge in [0.1, 0.15) is 0 Å². The summed E-state index contributed by atoms with van der Waals surface area (Å²) in [5.41, 5.74) is 8.22. The molecule has 3 heteroatoms. The molecule has 0 spiro atoms. The molecule has 27 heavy (non-hydrogen) atoms. The van der Waals surface area contributed by atoms with Crippen LogP contribution in [0.2, 0.25) is 0 Å². The molecule has 5 rings (SSSR count). The second-order valence-electron chi connectivity index (χ2n) is 9.96. The molecular formula is C24H37N3. The second kappa shape index (κ2) is 7.66. The summed E-state index contributed by atoms with van der Waals surface area (Å²) in [4.78, 5) is 3.04. The van der Waals surface area contributed by atoms with Crippen molar-refractivity contribution >= 4 is 11.4 Å². The van der Waals surface area contributed by atoms with Crippen molar-refractivity contribution in [2.24, 2.45) is 11.8 Å². The molecule has 0 radical (unpaired) electrons. The number of nitrogen functional groups attached to an aromatic ring is 1. The maximum atomic E-state index is 6.19. The Morgan fingerprint density at radius 3 is 2.07 bits per heavy atom. The molecule has 2 heterocycles. The summed E-state index contributed by atoms with van der Waals surface area (Å²) in [5, 5.41) is 3.80. The van der Waals surface area contributed by atoms with Crippen molar-refractivity contribution < 1.29 is 0 Å². The highest BCUT2D eigenvalue weighted by atomic mass is 15.2. The number of rotatable bonds is 3. The van der Waals surface area contributed by atoms with Gasteiger partial charge in [0.2, 0.25) is 0 Å². The highest BCUT2D eigenvalue weighted by Gasteiger charge is 2.44. The number of nitrogens with two attached hydrogens (primary N) is 1. The van der Waals surface area contributed by atoms with E-state index < -0.39 is 0 Å². The van der Waals surface area contributed by atoms with E-state index in [1.807, 2.05) is 12.1 Å². The van der Waals surface area contributed by atoms with Crippen LogP contribution in [-0.2, 0) is 0 Å². The molecule has 6 atom stereocenters. The molecule has 3 nitrogen and oxygen atoms in total. The Morgan fingerprint density at radius 1 is 0.741 bits per heavy atom. The fourth-order valence-electron chi connectivity index (χ4n) is 7.09. The molecule has 0 aromatic heterocycles. The van der Waals surface area contributed by atoms with Crippen LogP contribution in [0.3, 0.4) is 0 Å². The lowest BCUT2D eigenvalue weighted by Crippen LogP contribution is -2.59. The maximum absolute atomic E-state index is 6.19. The van der Waals surface area contributed by atoms with Gasteiger partial charge in [-0.15, -0.1) is 0 Å². The Labute approximate surface area is 165 Å². The maximum Gasteiger partial charge on any atom is 0.0576 e. The number of benzene rings is 1. The van der Waals surface area contributed by atoms with Crippen molar-refractivity contribution in [2.45, 2.75) is 101 Å². The lowest BCUT2D eigenvalue weighted by molar-refractivity contribution is -0.0307. The van der Waals surface area contributed by atoms with Gasteiger partial charge < -0.3 is 11.1 Å². The molecule has 2 unspecified atom stereocenters. The molecule has 4 aliphatic rings. The summed E-state index contributed by atoms with van der Waals surface area (Å²) < 4.78 is 0. The molecule has 148 valence electrons. The van der Waals surface area contributed by atoms with E-state index in [9.17, 15) is 0 Å². The zero-order valence-electron chi connectivity index (χ0n) is 16.8. The molecule has 4 bridgehead atoms. The minimum atomic E-state index is 0.590. The highest BCUT2D eigenvalue weighted by molar-refractivity contribution is 5.66. The lowest BCUT2D eigenvalue weighted by atomic mass is 9.73. The van der Waals surface area contributed by atoms with Gasteiger partial charge in [-0.25, -0.2) is 0 Å². The number of piperidine rings is 2. The van der Waals surface area contributed by atoms with Crippen LogP contribution in [0, 0.1) is 11.8 Å². The summed E-state index contributed by atoms with van der Waals surface area (Å²) in [6, 6.07) is 11.3. The van der Waals surface area contributed by atoms with Crippen LogP contribution in [0.4, 0.5) is 11.4 Å². The molecule has 2 saturated heterocycles. The Balaban J connectivity index is 1.29. The van der Waals surface area contributed by atoms with Gasteiger partial charge in [0.05, 0.1) is 11.4 Å².